The molecular weight excluding hydrogens is 404 g/mol. The Balaban J connectivity index is 1.62. The second-order valence-corrected chi connectivity index (χ2v) is 7.79. The van der Waals surface area contributed by atoms with Crippen molar-refractivity contribution in [3.05, 3.63) is 71.1 Å². The molecule has 0 fully saturated rings. The predicted molar refractivity (Wildman–Crippen MR) is 122 cm³/mol. The van der Waals surface area contributed by atoms with E-state index in [4.69, 9.17) is 24.4 Å². The normalized spacial score (nSPS) is 11.4. The van der Waals surface area contributed by atoms with E-state index in [1.807, 2.05) is 43.3 Å². The molecule has 4 aromatic heterocycles. The van der Waals surface area contributed by atoms with Crippen molar-refractivity contribution in [2.45, 2.75) is 27.2 Å². The molecular formula is C24H24N6O2. The van der Waals surface area contributed by atoms with Gasteiger partial charge in [-0.05, 0) is 56.2 Å². The smallest absolute Gasteiger partial charge is 0.168 e. The van der Waals surface area contributed by atoms with Crippen molar-refractivity contribution in [3.63, 3.8) is 0 Å². The Kier molecular flexibility index (Phi) is 4.77. The zero-order valence-corrected chi connectivity index (χ0v) is 18.7. The van der Waals surface area contributed by atoms with Crippen LogP contribution in [0.5, 0.6) is 11.5 Å². The third kappa shape index (κ3) is 3.15. The van der Waals surface area contributed by atoms with Gasteiger partial charge in [-0.15, -0.1) is 5.10 Å². The highest BCUT2D eigenvalue weighted by Gasteiger charge is 2.19. The van der Waals surface area contributed by atoms with Crippen molar-refractivity contribution in [1.82, 2.24) is 29.1 Å². The van der Waals surface area contributed by atoms with Gasteiger partial charge in [-0.2, -0.15) is 0 Å². The number of rotatable bonds is 5. The molecule has 0 spiro atoms. The molecule has 0 unspecified atom stereocenters. The number of aromatic nitrogens is 6. The number of nitrogens with zero attached hydrogens (tertiary/aromatic N) is 6. The van der Waals surface area contributed by atoms with E-state index >= 15 is 0 Å². The molecule has 162 valence electrons. The van der Waals surface area contributed by atoms with E-state index in [1.165, 1.54) is 0 Å². The quantitative estimate of drug-likeness (QED) is 0.421. The zero-order chi connectivity index (χ0) is 22.4. The fourth-order valence-electron chi connectivity index (χ4n) is 4.09. The van der Waals surface area contributed by atoms with Crippen LogP contribution in [0.4, 0.5) is 0 Å². The summed E-state index contributed by atoms with van der Waals surface area (Å²) >= 11 is 0. The molecule has 0 radical (unpaired) electrons. The lowest BCUT2D eigenvalue weighted by Gasteiger charge is -2.08. The monoisotopic (exact) mass is 428 g/mol. The van der Waals surface area contributed by atoms with Gasteiger partial charge in [-0.3, -0.25) is 4.57 Å². The van der Waals surface area contributed by atoms with E-state index in [1.54, 1.807) is 25.1 Å². The number of benzene rings is 1. The van der Waals surface area contributed by atoms with Crippen LogP contribution in [0.2, 0.25) is 0 Å². The Bertz CT molecular complexity index is 1470. The maximum absolute atomic E-state index is 5.42. The lowest BCUT2D eigenvalue weighted by molar-refractivity contribution is 0.354. The Morgan fingerprint density at radius 2 is 1.72 bits per heavy atom. The first kappa shape index (κ1) is 20.0. The molecule has 0 atom stereocenters. The first-order valence-corrected chi connectivity index (χ1v) is 10.4. The van der Waals surface area contributed by atoms with Gasteiger partial charge < -0.3 is 9.47 Å². The molecule has 0 saturated heterocycles. The number of fused-ring (bicyclic) bond motifs is 3. The van der Waals surface area contributed by atoms with Crippen molar-refractivity contribution in [1.29, 1.82) is 0 Å². The molecule has 4 heterocycles. The van der Waals surface area contributed by atoms with Crippen LogP contribution >= 0.6 is 0 Å². The van der Waals surface area contributed by atoms with Crippen LogP contribution in [-0.4, -0.2) is 43.4 Å². The van der Waals surface area contributed by atoms with Crippen LogP contribution in [-0.2, 0) is 6.42 Å². The standard InChI is InChI=1S/C24H24N6O2/c1-14-7-6-8-21(26-14)30-16(3)15(2)22-23(30)25-13-29-24(22)27-20(28-29)12-17-9-10-18(31-4)19(11-17)32-5/h6-11,13H,12H2,1-5H3. The second kappa shape index (κ2) is 7.64. The van der Waals surface area contributed by atoms with Crippen LogP contribution in [0, 0.1) is 20.8 Å². The van der Waals surface area contributed by atoms with E-state index in [0.717, 1.165) is 45.0 Å². The van der Waals surface area contributed by atoms with Gasteiger partial charge in [0.15, 0.2) is 28.6 Å². The van der Waals surface area contributed by atoms with Gasteiger partial charge in [0.2, 0.25) is 0 Å². The molecule has 0 amide bonds. The minimum atomic E-state index is 0.571. The predicted octanol–water partition coefficient (Wildman–Crippen LogP) is 4.00. The maximum atomic E-state index is 5.42. The van der Waals surface area contributed by atoms with Crippen LogP contribution in [0.1, 0.15) is 28.3 Å². The fourth-order valence-corrected chi connectivity index (χ4v) is 4.09. The molecule has 0 N–H and O–H groups in total. The highest BCUT2D eigenvalue weighted by atomic mass is 16.5. The van der Waals surface area contributed by atoms with E-state index in [9.17, 15) is 0 Å². The third-order valence-electron chi connectivity index (χ3n) is 5.79. The number of ether oxygens (including phenoxy) is 2. The molecule has 0 bridgehead atoms. The average molecular weight is 428 g/mol. The molecule has 5 rings (SSSR count). The van der Waals surface area contributed by atoms with Gasteiger partial charge in [-0.1, -0.05) is 12.1 Å². The summed E-state index contributed by atoms with van der Waals surface area (Å²) in [7, 11) is 3.26. The van der Waals surface area contributed by atoms with Gasteiger partial charge in [0.1, 0.15) is 12.1 Å². The average Bonchev–Trinajstić information content (AvgIpc) is 3.31. The van der Waals surface area contributed by atoms with Crippen LogP contribution in [0.25, 0.3) is 22.5 Å². The number of pyridine rings is 1. The Morgan fingerprint density at radius 3 is 2.47 bits per heavy atom. The first-order chi connectivity index (χ1) is 15.5. The minimum Gasteiger partial charge on any atom is -0.493 e. The SMILES string of the molecule is COc1ccc(Cc2nc3c4c(C)c(C)n(-c5cccc(C)n5)c4ncn3n2)cc1OC. The summed E-state index contributed by atoms with van der Waals surface area (Å²) in [4.78, 5) is 14.3. The van der Waals surface area contributed by atoms with E-state index in [0.29, 0.717) is 23.7 Å². The molecule has 0 aliphatic rings. The summed E-state index contributed by atoms with van der Waals surface area (Å²) in [6.07, 6.45) is 2.29. The number of hydrogen-bond donors (Lipinski definition) is 0. The third-order valence-corrected chi connectivity index (χ3v) is 5.79. The van der Waals surface area contributed by atoms with E-state index in [-0.39, 0.29) is 0 Å². The highest BCUT2D eigenvalue weighted by Crippen LogP contribution is 2.30. The van der Waals surface area contributed by atoms with E-state index < -0.39 is 0 Å². The summed E-state index contributed by atoms with van der Waals surface area (Å²) < 4.78 is 14.6. The van der Waals surface area contributed by atoms with Gasteiger partial charge in [-0.25, -0.2) is 19.5 Å². The van der Waals surface area contributed by atoms with Crippen molar-refractivity contribution in [2.24, 2.45) is 0 Å². The lowest BCUT2D eigenvalue weighted by atomic mass is 10.1. The Labute approximate surface area is 185 Å². The van der Waals surface area contributed by atoms with Gasteiger partial charge in [0.05, 0.1) is 19.6 Å². The summed E-state index contributed by atoms with van der Waals surface area (Å²) in [6, 6.07) is 11.8. The summed E-state index contributed by atoms with van der Waals surface area (Å²) in [5, 5.41) is 5.65. The molecule has 0 aliphatic carbocycles. The second-order valence-electron chi connectivity index (χ2n) is 7.79. The molecule has 0 saturated carbocycles. The van der Waals surface area contributed by atoms with Crippen molar-refractivity contribution in [2.75, 3.05) is 14.2 Å². The van der Waals surface area contributed by atoms with Crippen LogP contribution in [0.3, 0.4) is 0 Å². The minimum absolute atomic E-state index is 0.571. The number of methoxy groups -OCH3 is 2. The Morgan fingerprint density at radius 1 is 0.906 bits per heavy atom. The lowest BCUT2D eigenvalue weighted by Crippen LogP contribution is -2.02. The summed E-state index contributed by atoms with van der Waals surface area (Å²) in [5.41, 5.74) is 5.82. The van der Waals surface area contributed by atoms with Gasteiger partial charge in [0, 0.05) is 17.8 Å². The molecule has 8 heteroatoms. The fraction of sp³-hybridized carbons (Fsp3) is 0.250. The summed E-state index contributed by atoms with van der Waals surface area (Å²) in [6.45, 7) is 6.16. The maximum Gasteiger partial charge on any atom is 0.168 e. The van der Waals surface area contributed by atoms with Crippen molar-refractivity contribution >= 4 is 16.7 Å². The van der Waals surface area contributed by atoms with E-state index in [2.05, 4.69) is 23.5 Å². The summed E-state index contributed by atoms with van der Waals surface area (Å²) in [5.74, 6) is 2.95. The number of aryl methyl sites for hydroxylation is 2. The first-order valence-electron chi connectivity index (χ1n) is 10.4. The number of hydrogen-bond acceptors (Lipinski definition) is 6. The van der Waals surface area contributed by atoms with Crippen molar-refractivity contribution < 1.29 is 9.47 Å². The van der Waals surface area contributed by atoms with Crippen LogP contribution in [0.15, 0.2) is 42.7 Å². The molecule has 32 heavy (non-hydrogen) atoms. The van der Waals surface area contributed by atoms with Crippen LogP contribution < -0.4 is 9.47 Å². The van der Waals surface area contributed by atoms with Gasteiger partial charge >= 0.3 is 0 Å². The molecule has 8 nitrogen and oxygen atoms in total. The molecule has 5 aromatic rings. The van der Waals surface area contributed by atoms with Crippen molar-refractivity contribution in [3.8, 4) is 17.3 Å². The van der Waals surface area contributed by atoms with Gasteiger partial charge in [0.25, 0.3) is 0 Å². The Hall–Kier alpha value is -3.94. The zero-order valence-electron chi connectivity index (χ0n) is 18.7. The molecule has 1 aromatic carbocycles. The topological polar surface area (TPSA) is 79.4 Å². The highest BCUT2D eigenvalue weighted by molar-refractivity contribution is 5.94. The molecule has 0 aliphatic heterocycles. The largest absolute Gasteiger partial charge is 0.493 e.